The zero-order valence-corrected chi connectivity index (χ0v) is 12.3. The Morgan fingerprint density at radius 2 is 2.33 bits per heavy atom. The molecule has 7 nitrogen and oxygen atoms in total. The third-order valence-corrected chi connectivity index (χ3v) is 3.84. The summed E-state index contributed by atoms with van der Waals surface area (Å²) in [5.74, 6) is -1.63. The molecule has 0 spiro atoms. The highest BCUT2D eigenvalue weighted by Crippen LogP contribution is 2.17. The van der Waals surface area contributed by atoms with Crippen LogP contribution >= 0.6 is 11.8 Å². The zero-order chi connectivity index (χ0) is 15.2. The number of carbonyl (C=O) groups excluding carboxylic acids is 3. The molecule has 8 heteroatoms. The van der Waals surface area contributed by atoms with Crippen LogP contribution in [0.15, 0.2) is 29.4 Å². The minimum absolute atomic E-state index is 0.0316. The minimum Gasteiger partial charge on any atom is -0.469 e. The monoisotopic (exact) mass is 309 g/mol. The van der Waals surface area contributed by atoms with Crippen molar-refractivity contribution in [3.63, 3.8) is 0 Å². The fraction of sp³-hybridized carbons (Fsp3) is 0.385. The van der Waals surface area contributed by atoms with Crippen molar-refractivity contribution in [2.75, 3.05) is 19.4 Å². The van der Waals surface area contributed by atoms with Crippen molar-refractivity contribution in [2.24, 2.45) is 5.92 Å². The van der Waals surface area contributed by atoms with Crippen LogP contribution in [0.2, 0.25) is 0 Å². The lowest BCUT2D eigenvalue weighted by molar-refractivity contribution is -0.156. The van der Waals surface area contributed by atoms with Gasteiger partial charge >= 0.3 is 5.97 Å². The van der Waals surface area contributed by atoms with Gasteiger partial charge in [-0.15, -0.1) is 0 Å². The average Bonchev–Trinajstić information content (AvgIpc) is 2.52. The first-order chi connectivity index (χ1) is 10.1. The van der Waals surface area contributed by atoms with Crippen LogP contribution in [0, 0.1) is 5.92 Å². The van der Waals surface area contributed by atoms with Gasteiger partial charge in [-0.2, -0.15) is 0 Å². The molecule has 2 rings (SSSR count). The molecule has 0 radical (unpaired) electrons. The maximum absolute atomic E-state index is 12.1. The molecule has 21 heavy (non-hydrogen) atoms. The molecule has 1 fully saturated rings. The van der Waals surface area contributed by atoms with Gasteiger partial charge in [0, 0.05) is 12.6 Å². The number of carbonyl (C=O) groups is 3. The van der Waals surface area contributed by atoms with E-state index in [1.807, 2.05) is 6.07 Å². The zero-order valence-electron chi connectivity index (χ0n) is 11.4. The second kappa shape index (κ2) is 7.07. The van der Waals surface area contributed by atoms with E-state index in [1.165, 1.54) is 23.9 Å². The van der Waals surface area contributed by atoms with Gasteiger partial charge in [0.15, 0.2) is 0 Å². The molecule has 1 aromatic rings. The Labute approximate surface area is 126 Å². The van der Waals surface area contributed by atoms with Gasteiger partial charge in [0.25, 0.3) is 5.91 Å². The smallest absolute Gasteiger partial charge is 0.311 e. The second-order valence-corrected chi connectivity index (χ2v) is 5.42. The number of ether oxygens (including phenoxy) is 1. The molecule has 1 aromatic heterocycles. The highest BCUT2D eigenvalue weighted by Gasteiger charge is 2.33. The molecule has 2 amide bonds. The summed E-state index contributed by atoms with van der Waals surface area (Å²) < 4.78 is 4.62. The van der Waals surface area contributed by atoms with Gasteiger partial charge < -0.3 is 4.74 Å². The van der Waals surface area contributed by atoms with E-state index in [2.05, 4.69) is 15.1 Å². The molecule has 0 aliphatic carbocycles. The molecule has 1 aliphatic rings. The second-order valence-electron chi connectivity index (χ2n) is 4.42. The van der Waals surface area contributed by atoms with Crippen LogP contribution in [0.4, 0.5) is 0 Å². The van der Waals surface area contributed by atoms with Gasteiger partial charge in [0.2, 0.25) is 5.91 Å². The first kappa shape index (κ1) is 15.3. The van der Waals surface area contributed by atoms with E-state index >= 15 is 0 Å². The van der Waals surface area contributed by atoms with Gasteiger partial charge in [0.05, 0.1) is 30.4 Å². The molecule has 1 N–H and O–H groups in total. The fourth-order valence-corrected chi connectivity index (χ4v) is 2.62. The summed E-state index contributed by atoms with van der Waals surface area (Å²) in [5.41, 5.74) is 2.46. The molecule has 0 aromatic carbocycles. The average molecular weight is 309 g/mol. The summed E-state index contributed by atoms with van der Waals surface area (Å²) in [6.07, 6.45) is 1.67. The summed E-state index contributed by atoms with van der Waals surface area (Å²) in [5, 5.41) is 1.89. The topological polar surface area (TPSA) is 88.6 Å². The molecule has 1 saturated heterocycles. The number of rotatable bonds is 4. The van der Waals surface area contributed by atoms with Gasteiger partial charge in [-0.05, 0) is 12.1 Å². The SMILES string of the molecule is COC(=O)[C@H]1CC(=O)NN(C(=O)CSc2ccccn2)C1. The van der Waals surface area contributed by atoms with Crippen molar-refractivity contribution in [2.45, 2.75) is 11.4 Å². The summed E-state index contributed by atoms with van der Waals surface area (Å²) in [4.78, 5) is 39.2. The number of nitrogens with one attached hydrogen (secondary N) is 1. The number of pyridine rings is 1. The lowest BCUT2D eigenvalue weighted by atomic mass is 10.0. The molecular formula is C13H15N3O4S. The molecule has 0 unspecified atom stereocenters. The van der Waals surface area contributed by atoms with Crippen molar-refractivity contribution in [1.82, 2.24) is 15.4 Å². The van der Waals surface area contributed by atoms with E-state index in [1.54, 1.807) is 18.3 Å². The van der Waals surface area contributed by atoms with E-state index in [9.17, 15) is 14.4 Å². The largest absolute Gasteiger partial charge is 0.469 e. The Morgan fingerprint density at radius 3 is 3.00 bits per heavy atom. The number of amides is 2. The van der Waals surface area contributed by atoms with E-state index in [-0.39, 0.29) is 30.5 Å². The van der Waals surface area contributed by atoms with Gasteiger partial charge in [0.1, 0.15) is 0 Å². The van der Waals surface area contributed by atoms with Crippen LogP contribution in [-0.2, 0) is 19.1 Å². The van der Waals surface area contributed by atoms with Crippen LogP contribution in [0.25, 0.3) is 0 Å². The van der Waals surface area contributed by atoms with Crippen molar-refractivity contribution in [3.05, 3.63) is 24.4 Å². The van der Waals surface area contributed by atoms with Crippen molar-refractivity contribution < 1.29 is 19.1 Å². The molecule has 0 saturated carbocycles. The molecular weight excluding hydrogens is 294 g/mol. The molecule has 1 atom stereocenters. The summed E-state index contributed by atoms with van der Waals surface area (Å²) in [6.45, 7) is 0.125. The van der Waals surface area contributed by atoms with Crippen molar-refractivity contribution >= 4 is 29.5 Å². The maximum Gasteiger partial charge on any atom is 0.311 e. The van der Waals surface area contributed by atoms with Gasteiger partial charge in [-0.25, -0.2) is 4.98 Å². The van der Waals surface area contributed by atoms with Crippen LogP contribution in [0.1, 0.15) is 6.42 Å². The first-order valence-electron chi connectivity index (χ1n) is 6.31. The number of nitrogens with zero attached hydrogens (tertiary/aromatic N) is 2. The molecule has 0 bridgehead atoms. The Bertz CT molecular complexity index is 537. The Morgan fingerprint density at radius 1 is 1.52 bits per heavy atom. The maximum atomic E-state index is 12.1. The predicted octanol–water partition coefficient (Wildman–Crippen LogP) is 0.226. The first-order valence-corrected chi connectivity index (χ1v) is 7.30. The van der Waals surface area contributed by atoms with Gasteiger partial charge in [-0.3, -0.25) is 24.8 Å². The molecule has 1 aliphatic heterocycles. The Hall–Kier alpha value is -2.09. The number of thioether (sulfide) groups is 1. The Balaban J connectivity index is 1.92. The summed E-state index contributed by atoms with van der Waals surface area (Å²) in [7, 11) is 1.26. The van der Waals surface area contributed by atoms with Crippen LogP contribution in [0.3, 0.4) is 0 Å². The normalized spacial score (nSPS) is 18.0. The third-order valence-electron chi connectivity index (χ3n) is 2.91. The quantitative estimate of drug-likeness (QED) is 0.632. The van der Waals surface area contributed by atoms with Crippen LogP contribution in [-0.4, -0.2) is 47.2 Å². The lowest BCUT2D eigenvalue weighted by Crippen LogP contribution is -2.55. The highest BCUT2D eigenvalue weighted by molar-refractivity contribution is 7.99. The summed E-state index contributed by atoms with van der Waals surface area (Å²) in [6, 6.07) is 5.41. The Kier molecular flexibility index (Phi) is 5.15. The number of esters is 1. The lowest BCUT2D eigenvalue weighted by Gasteiger charge is -2.31. The molecule has 2 heterocycles. The fourth-order valence-electron chi connectivity index (χ4n) is 1.89. The number of methoxy groups -OCH3 is 1. The third kappa shape index (κ3) is 4.19. The van der Waals surface area contributed by atoms with Gasteiger partial charge in [-0.1, -0.05) is 17.8 Å². The van der Waals surface area contributed by atoms with E-state index < -0.39 is 11.9 Å². The van der Waals surface area contributed by atoms with Crippen LogP contribution in [0.5, 0.6) is 0 Å². The number of aromatic nitrogens is 1. The van der Waals surface area contributed by atoms with E-state index in [0.29, 0.717) is 0 Å². The van der Waals surface area contributed by atoms with E-state index in [0.717, 1.165) is 5.03 Å². The van der Waals surface area contributed by atoms with E-state index in [4.69, 9.17) is 0 Å². The standard InChI is InChI=1S/C13H15N3O4S/c1-20-13(19)9-6-10(17)15-16(7-9)12(18)8-21-11-4-2-3-5-14-11/h2-5,9H,6-8H2,1H3,(H,15,17)/t9-/m0/s1. The van der Waals surface area contributed by atoms with Crippen LogP contribution < -0.4 is 5.43 Å². The van der Waals surface area contributed by atoms with Crippen molar-refractivity contribution in [1.29, 1.82) is 0 Å². The summed E-state index contributed by atoms with van der Waals surface area (Å²) >= 11 is 1.27. The molecule has 112 valence electrons. The number of hydrogen-bond acceptors (Lipinski definition) is 6. The number of hydrogen-bond donors (Lipinski definition) is 1. The minimum atomic E-state index is -0.618. The number of hydrazine groups is 1. The highest BCUT2D eigenvalue weighted by atomic mass is 32.2. The predicted molar refractivity (Wildman–Crippen MR) is 74.9 cm³/mol. The van der Waals surface area contributed by atoms with Crippen molar-refractivity contribution in [3.8, 4) is 0 Å².